The smallest absolute Gasteiger partial charge is 0.416 e. The predicted molar refractivity (Wildman–Crippen MR) is 141 cm³/mol. The zero-order chi connectivity index (χ0) is 28.1. The van der Waals surface area contributed by atoms with Gasteiger partial charge in [0.25, 0.3) is 0 Å². The molecule has 1 atom stereocenters. The van der Waals surface area contributed by atoms with E-state index in [0.29, 0.717) is 38.7 Å². The number of nitrogens with zero attached hydrogens (tertiary/aromatic N) is 4. The second kappa shape index (κ2) is 12.2. The van der Waals surface area contributed by atoms with Crippen LogP contribution in [-0.2, 0) is 24.1 Å². The van der Waals surface area contributed by atoms with E-state index in [1.807, 2.05) is 24.3 Å². The van der Waals surface area contributed by atoms with E-state index >= 15 is 0 Å². The van der Waals surface area contributed by atoms with Crippen LogP contribution >= 0.6 is 0 Å². The van der Waals surface area contributed by atoms with Crippen LogP contribution < -0.4 is 14.4 Å². The first-order chi connectivity index (χ1) is 19.2. The Kier molecular flexibility index (Phi) is 8.43. The second-order valence-corrected chi connectivity index (χ2v) is 10.1. The summed E-state index contributed by atoms with van der Waals surface area (Å²) in [6.07, 6.45) is 0.535. The third-order valence-corrected chi connectivity index (χ3v) is 7.35. The van der Waals surface area contributed by atoms with Gasteiger partial charge in [-0.1, -0.05) is 12.1 Å². The van der Waals surface area contributed by atoms with E-state index in [9.17, 15) is 23.3 Å². The zero-order valence-electron chi connectivity index (χ0n) is 21.9. The summed E-state index contributed by atoms with van der Waals surface area (Å²) in [6.45, 7) is 3.69. The number of rotatable bonds is 10. The molecule has 2 aliphatic rings. The quantitative estimate of drug-likeness (QED) is 0.174. The molecule has 1 fully saturated rings. The molecule has 0 bridgehead atoms. The fraction of sp³-hybridized carbons (Fsp3) is 0.464. The first kappa shape index (κ1) is 27.8. The Labute approximate surface area is 229 Å². The second-order valence-electron chi connectivity index (χ2n) is 10.1. The highest BCUT2D eigenvalue weighted by molar-refractivity contribution is 5.49. The van der Waals surface area contributed by atoms with Gasteiger partial charge in [0, 0.05) is 43.3 Å². The highest BCUT2D eigenvalue weighted by atomic mass is 19.4. The Morgan fingerprint density at radius 1 is 1.02 bits per heavy atom. The topological polar surface area (TPSA) is 91.9 Å². The molecular weight excluding hydrogens is 529 g/mol. The number of halogens is 3. The fourth-order valence-corrected chi connectivity index (χ4v) is 4.99. The van der Waals surface area contributed by atoms with Gasteiger partial charge in [-0.15, -0.1) is 0 Å². The largest absolute Gasteiger partial charge is 0.490 e. The first-order valence-corrected chi connectivity index (χ1v) is 13.3. The molecule has 1 saturated heterocycles. The highest BCUT2D eigenvalue weighted by Gasteiger charge is 2.30. The highest BCUT2D eigenvalue weighted by Crippen LogP contribution is 2.30. The van der Waals surface area contributed by atoms with E-state index in [2.05, 4.69) is 9.88 Å². The fourth-order valence-electron chi connectivity index (χ4n) is 4.99. The number of aromatic nitrogens is 2. The Morgan fingerprint density at radius 2 is 1.75 bits per heavy atom. The molecule has 0 radical (unpaired) electrons. The van der Waals surface area contributed by atoms with E-state index in [1.165, 1.54) is 18.3 Å². The molecule has 12 heteroatoms. The van der Waals surface area contributed by atoms with E-state index < -0.39 is 16.7 Å². The minimum atomic E-state index is -4.32. The molecular formula is C28H31F3N4O5. The van der Waals surface area contributed by atoms with Crippen molar-refractivity contribution in [1.82, 2.24) is 9.55 Å². The summed E-state index contributed by atoms with van der Waals surface area (Å²) < 4.78 is 57.0. The molecule has 1 aromatic heterocycles. The van der Waals surface area contributed by atoms with Gasteiger partial charge >= 0.3 is 18.0 Å². The van der Waals surface area contributed by atoms with Gasteiger partial charge in [0.15, 0.2) is 0 Å². The average Bonchev–Trinajstić information content (AvgIpc) is 3.39. The molecule has 40 heavy (non-hydrogen) atoms. The van der Waals surface area contributed by atoms with Crippen molar-refractivity contribution < 1.29 is 32.3 Å². The van der Waals surface area contributed by atoms with E-state index in [-0.39, 0.29) is 17.9 Å². The number of hydrogen-bond acceptors (Lipinski definition) is 7. The summed E-state index contributed by atoms with van der Waals surface area (Å²) in [4.78, 5) is 16.6. The average molecular weight is 561 g/mol. The monoisotopic (exact) mass is 560 g/mol. The van der Waals surface area contributed by atoms with Crippen LogP contribution in [0.5, 0.6) is 11.8 Å². The third kappa shape index (κ3) is 7.04. The molecule has 3 heterocycles. The molecule has 0 unspecified atom stereocenters. The number of alkyl halides is 3. The summed E-state index contributed by atoms with van der Waals surface area (Å²) in [5.41, 5.74) is 1.22. The van der Waals surface area contributed by atoms with Gasteiger partial charge in [-0.2, -0.15) is 13.2 Å². The number of hydrogen-bond donors (Lipinski definition) is 0. The number of nitro groups is 1. The summed E-state index contributed by atoms with van der Waals surface area (Å²) in [5.74, 6) is 1.06. The van der Waals surface area contributed by atoms with Crippen LogP contribution in [0.3, 0.4) is 0 Å². The summed E-state index contributed by atoms with van der Waals surface area (Å²) in [5, 5.41) is 10.9. The van der Waals surface area contributed by atoms with E-state index in [1.54, 1.807) is 4.57 Å². The summed E-state index contributed by atoms with van der Waals surface area (Å²) in [7, 11) is 0. The Balaban J connectivity index is 0.992. The van der Waals surface area contributed by atoms with Crippen molar-refractivity contribution in [2.75, 3.05) is 31.2 Å². The molecule has 0 spiro atoms. The minimum absolute atomic E-state index is 0.221. The number of piperidine rings is 1. The lowest BCUT2D eigenvalue weighted by Crippen LogP contribution is -2.34. The van der Waals surface area contributed by atoms with Gasteiger partial charge in [-0.05, 0) is 72.1 Å². The number of benzene rings is 2. The molecule has 2 aromatic carbocycles. The molecule has 0 aliphatic carbocycles. The van der Waals surface area contributed by atoms with Crippen LogP contribution in [0.15, 0.2) is 54.7 Å². The molecule has 3 aromatic rings. The van der Waals surface area contributed by atoms with Gasteiger partial charge in [0.2, 0.25) is 0 Å². The number of imidazole rings is 1. The molecule has 5 rings (SSSR count). The van der Waals surface area contributed by atoms with Crippen LogP contribution in [0, 0.1) is 16.0 Å². The van der Waals surface area contributed by atoms with E-state index in [0.717, 1.165) is 61.5 Å². The van der Waals surface area contributed by atoms with Crippen molar-refractivity contribution in [3.63, 3.8) is 0 Å². The zero-order valence-corrected chi connectivity index (χ0v) is 21.9. The Morgan fingerprint density at radius 3 is 2.42 bits per heavy atom. The molecule has 9 nitrogen and oxygen atoms in total. The summed E-state index contributed by atoms with van der Waals surface area (Å²) >= 11 is 0. The molecule has 2 aliphatic heterocycles. The van der Waals surface area contributed by atoms with Gasteiger partial charge in [0.05, 0.1) is 12.2 Å². The van der Waals surface area contributed by atoms with Crippen molar-refractivity contribution in [2.45, 2.75) is 51.1 Å². The van der Waals surface area contributed by atoms with Crippen LogP contribution in [0.25, 0.3) is 0 Å². The van der Waals surface area contributed by atoms with Crippen LogP contribution in [0.2, 0.25) is 0 Å². The normalized spacial score (nSPS) is 17.8. The maximum Gasteiger partial charge on any atom is 0.416 e. The van der Waals surface area contributed by atoms with E-state index in [4.69, 9.17) is 14.2 Å². The van der Waals surface area contributed by atoms with Crippen molar-refractivity contribution >= 4 is 11.5 Å². The number of ether oxygens (including phenoxy) is 3. The van der Waals surface area contributed by atoms with Crippen LogP contribution in [-0.4, -0.2) is 46.9 Å². The van der Waals surface area contributed by atoms with Crippen molar-refractivity contribution in [1.29, 1.82) is 0 Å². The van der Waals surface area contributed by atoms with Gasteiger partial charge in [-0.25, -0.2) is 0 Å². The number of fused-ring (bicyclic) bond motifs is 1. The van der Waals surface area contributed by atoms with Gasteiger partial charge in [0.1, 0.15) is 24.7 Å². The van der Waals surface area contributed by atoms with Crippen LogP contribution in [0.4, 0.5) is 24.7 Å². The number of anilines is 1. The van der Waals surface area contributed by atoms with Gasteiger partial charge in [-0.3, -0.25) is 4.57 Å². The Hall–Kier alpha value is -3.80. The molecule has 0 amide bonds. The predicted octanol–water partition coefficient (Wildman–Crippen LogP) is 5.86. The number of aryl methyl sites for hydroxylation is 1. The third-order valence-electron chi connectivity index (χ3n) is 7.35. The standard InChI is InChI=1S/C28H31F3N4O5/c29-28(30,31)22-3-1-21(2-4-22)18-38-16-12-20-9-13-33(14-10-20)23-5-7-24(8-6-23)39-19-25-11-15-34-17-26(35(36)37)32-27(34)40-25/h1-8,17,20,25H,9-16,18-19H2/t25-/m1/s1. The maximum atomic E-state index is 12.7. The summed E-state index contributed by atoms with van der Waals surface area (Å²) in [6, 6.07) is 13.3. The first-order valence-electron chi connectivity index (χ1n) is 13.3. The SMILES string of the molecule is O=[N+]([O-])c1cn2c(n1)O[C@@H](COc1ccc(N3CCC(CCOCc4ccc(C(F)(F)F)cc4)CC3)cc1)CC2. The lowest BCUT2D eigenvalue weighted by atomic mass is 9.93. The Bertz CT molecular complexity index is 1270. The minimum Gasteiger partial charge on any atom is -0.490 e. The van der Waals surface area contributed by atoms with Crippen molar-refractivity contribution in [2.24, 2.45) is 5.92 Å². The van der Waals surface area contributed by atoms with Crippen LogP contribution in [0.1, 0.15) is 36.8 Å². The molecule has 0 N–H and O–H groups in total. The maximum absolute atomic E-state index is 12.7. The molecule has 0 saturated carbocycles. The lowest BCUT2D eigenvalue weighted by Gasteiger charge is -2.33. The molecule has 214 valence electrons. The van der Waals surface area contributed by atoms with Crippen molar-refractivity contribution in [3.05, 3.63) is 76.0 Å². The van der Waals surface area contributed by atoms with Crippen molar-refractivity contribution in [3.8, 4) is 11.8 Å². The lowest BCUT2D eigenvalue weighted by molar-refractivity contribution is -0.389. The van der Waals surface area contributed by atoms with Gasteiger partial charge < -0.3 is 29.2 Å².